The van der Waals surface area contributed by atoms with Gasteiger partial charge in [-0.3, -0.25) is 4.79 Å². The summed E-state index contributed by atoms with van der Waals surface area (Å²) in [5.74, 6) is 0.223. The molecule has 146 valence electrons. The zero-order valence-electron chi connectivity index (χ0n) is 16.3. The van der Waals surface area contributed by atoms with Crippen molar-refractivity contribution in [2.24, 2.45) is 0 Å². The molecule has 8 heteroatoms. The molecular weight excluding hydrogens is 378 g/mol. The summed E-state index contributed by atoms with van der Waals surface area (Å²) < 4.78 is 32.0. The van der Waals surface area contributed by atoms with Gasteiger partial charge in [0.05, 0.1) is 4.90 Å². The van der Waals surface area contributed by atoms with Gasteiger partial charge in [-0.05, 0) is 63.1 Å². The first-order valence-electron chi connectivity index (χ1n) is 8.63. The minimum absolute atomic E-state index is 0.159. The lowest BCUT2D eigenvalue weighted by molar-refractivity contribution is 0.0883. The lowest BCUT2D eigenvalue weighted by atomic mass is 10.1. The van der Waals surface area contributed by atoms with Crippen molar-refractivity contribution in [2.75, 3.05) is 7.05 Å². The van der Waals surface area contributed by atoms with Crippen molar-refractivity contribution in [1.29, 1.82) is 0 Å². The van der Waals surface area contributed by atoms with Crippen molar-refractivity contribution >= 4 is 15.9 Å². The standard InChI is InChI=1S/C20H21N3O4S/c1-12-10-13(2)18(14(3)11-12)28(25,26)23(5)20(24)17-8-6-16(7-9-17)19-21-15(4)22-27-19/h6-11H,1-5H3. The lowest BCUT2D eigenvalue weighted by Crippen LogP contribution is -2.34. The van der Waals surface area contributed by atoms with Crippen LogP contribution in [-0.4, -0.2) is 35.8 Å². The van der Waals surface area contributed by atoms with Crippen molar-refractivity contribution < 1.29 is 17.7 Å². The largest absolute Gasteiger partial charge is 0.334 e. The number of hydrogen-bond donors (Lipinski definition) is 0. The number of aryl methyl sites for hydroxylation is 4. The smallest absolute Gasteiger partial charge is 0.267 e. The van der Waals surface area contributed by atoms with E-state index in [4.69, 9.17) is 4.52 Å². The van der Waals surface area contributed by atoms with Crippen molar-refractivity contribution in [2.45, 2.75) is 32.6 Å². The monoisotopic (exact) mass is 399 g/mol. The summed E-state index contributed by atoms with van der Waals surface area (Å²) in [6.45, 7) is 7.07. The number of amides is 1. The lowest BCUT2D eigenvalue weighted by Gasteiger charge is -2.21. The predicted octanol–water partition coefficient (Wildman–Crippen LogP) is 3.43. The Morgan fingerprint density at radius 3 is 2.07 bits per heavy atom. The normalized spacial score (nSPS) is 11.5. The Balaban J connectivity index is 1.92. The quantitative estimate of drug-likeness (QED) is 0.667. The third-order valence-electron chi connectivity index (χ3n) is 4.42. The fourth-order valence-corrected chi connectivity index (χ4v) is 4.70. The van der Waals surface area contributed by atoms with Crippen LogP contribution in [0.5, 0.6) is 0 Å². The van der Waals surface area contributed by atoms with E-state index in [1.165, 1.54) is 19.2 Å². The van der Waals surface area contributed by atoms with Crippen LogP contribution in [0, 0.1) is 27.7 Å². The molecule has 0 saturated heterocycles. The van der Waals surface area contributed by atoms with E-state index in [0.29, 0.717) is 28.4 Å². The number of rotatable bonds is 4. The van der Waals surface area contributed by atoms with Gasteiger partial charge in [0.15, 0.2) is 5.82 Å². The van der Waals surface area contributed by atoms with Gasteiger partial charge in [-0.25, -0.2) is 12.7 Å². The van der Waals surface area contributed by atoms with Crippen molar-refractivity contribution in [1.82, 2.24) is 14.4 Å². The zero-order chi connectivity index (χ0) is 20.6. The molecule has 0 atom stereocenters. The van der Waals surface area contributed by atoms with Gasteiger partial charge in [0.2, 0.25) is 0 Å². The van der Waals surface area contributed by atoms with Crippen LogP contribution in [0.3, 0.4) is 0 Å². The number of aromatic nitrogens is 2. The van der Waals surface area contributed by atoms with E-state index in [-0.39, 0.29) is 10.5 Å². The Hall–Kier alpha value is -3.00. The second-order valence-corrected chi connectivity index (χ2v) is 8.64. The highest BCUT2D eigenvalue weighted by atomic mass is 32.2. The summed E-state index contributed by atoms with van der Waals surface area (Å²) in [6.07, 6.45) is 0. The Labute approximate surface area is 164 Å². The summed E-state index contributed by atoms with van der Waals surface area (Å²) in [6, 6.07) is 9.95. The summed E-state index contributed by atoms with van der Waals surface area (Å²) in [4.78, 5) is 17.1. The highest BCUT2D eigenvalue weighted by molar-refractivity contribution is 7.89. The van der Waals surface area contributed by atoms with E-state index >= 15 is 0 Å². The molecule has 0 fully saturated rings. The average Bonchev–Trinajstić information content (AvgIpc) is 3.06. The molecule has 0 N–H and O–H groups in total. The van der Waals surface area contributed by atoms with Gasteiger partial charge in [0, 0.05) is 18.2 Å². The summed E-state index contributed by atoms with van der Waals surface area (Å²) in [5.41, 5.74) is 3.08. The molecule has 0 bridgehead atoms. The number of nitrogens with zero attached hydrogens (tertiary/aromatic N) is 3. The molecular formula is C20H21N3O4S. The van der Waals surface area contributed by atoms with Crippen LogP contribution < -0.4 is 0 Å². The van der Waals surface area contributed by atoms with Crippen LogP contribution in [0.1, 0.15) is 32.9 Å². The average molecular weight is 399 g/mol. The molecule has 0 aliphatic rings. The molecule has 0 aliphatic carbocycles. The molecule has 0 radical (unpaired) electrons. The molecule has 0 aliphatic heterocycles. The molecule has 28 heavy (non-hydrogen) atoms. The van der Waals surface area contributed by atoms with E-state index in [0.717, 1.165) is 9.87 Å². The third kappa shape index (κ3) is 3.55. The molecule has 7 nitrogen and oxygen atoms in total. The topological polar surface area (TPSA) is 93.4 Å². The highest BCUT2D eigenvalue weighted by Gasteiger charge is 2.29. The number of hydrogen-bond acceptors (Lipinski definition) is 6. The Bertz CT molecular complexity index is 1130. The number of benzene rings is 2. The van der Waals surface area contributed by atoms with Crippen molar-refractivity contribution in [3.63, 3.8) is 0 Å². The maximum Gasteiger partial charge on any atom is 0.267 e. The first-order chi connectivity index (χ1) is 13.1. The first kappa shape index (κ1) is 19.8. The molecule has 1 aromatic heterocycles. The van der Waals surface area contributed by atoms with Crippen LogP contribution in [0.2, 0.25) is 0 Å². The molecule has 2 aromatic carbocycles. The fraction of sp³-hybridized carbons (Fsp3) is 0.250. The maximum atomic E-state index is 13.1. The molecule has 3 aromatic rings. The minimum Gasteiger partial charge on any atom is -0.334 e. The van der Waals surface area contributed by atoms with Crippen LogP contribution >= 0.6 is 0 Å². The summed E-state index contributed by atoms with van der Waals surface area (Å²) in [7, 11) is -2.71. The Morgan fingerprint density at radius 1 is 1.00 bits per heavy atom. The third-order valence-corrected chi connectivity index (χ3v) is 6.46. The second kappa shape index (κ2) is 7.20. The number of sulfonamides is 1. The zero-order valence-corrected chi connectivity index (χ0v) is 17.2. The van der Waals surface area contributed by atoms with Gasteiger partial charge in [0.25, 0.3) is 21.8 Å². The maximum absolute atomic E-state index is 13.1. The van der Waals surface area contributed by atoms with E-state index in [1.807, 2.05) is 6.92 Å². The predicted molar refractivity (Wildman–Crippen MR) is 104 cm³/mol. The first-order valence-corrected chi connectivity index (χ1v) is 10.1. The number of carbonyl (C=O) groups excluding carboxylic acids is 1. The summed E-state index contributed by atoms with van der Waals surface area (Å²) >= 11 is 0. The van der Waals surface area contributed by atoms with E-state index in [2.05, 4.69) is 10.1 Å². The molecule has 3 rings (SSSR count). The van der Waals surface area contributed by atoms with E-state index in [1.54, 1.807) is 45.0 Å². The Morgan fingerprint density at radius 2 is 1.57 bits per heavy atom. The number of carbonyl (C=O) groups is 1. The molecule has 1 amide bonds. The highest BCUT2D eigenvalue weighted by Crippen LogP contribution is 2.26. The molecule has 0 spiro atoms. The van der Waals surface area contributed by atoms with Crippen LogP contribution in [0.4, 0.5) is 0 Å². The van der Waals surface area contributed by atoms with Crippen molar-refractivity contribution in [3.8, 4) is 11.5 Å². The van der Waals surface area contributed by atoms with Gasteiger partial charge in [-0.15, -0.1) is 0 Å². The molecule has 0 saturated carbocycles. The van der Waals surface area contributed by atoms with Crippen LogP contribution in [-0.2, 0) is 10.0 Å². The van der Waals surface area contributed by atoms with Crippen LogP contribution in [0.25, 0.3) is 11.5 Å². The van der Waals surface area contributed by atoms with Gasteiger partial charge in [-0.2, -0.15) is 4.98 Å². The van der Waals surface area contributed by atoms with Crippen LogP contribution in [0.15, 0.2) is 45.8 Å². The minimum atomic E-state index is -3.98. The van der Waals surface area contributed by atoms with E-state index in [9.17, 15) is 13.2 Å². The van der Waals surface area contributed by atoms with E-state index < -0.39 is 15.9 Å². The summed E-state index contributed by atoms with van der Waals surface area (Å²) in [5, 5.41) is 3.73. The molecule has 0 unspecified atom stereocenters. The molecule has 1 heterocycles. The van der Waals surface area contributed by atoms with Gasteiger partial charge < -0.3 is 4.52 Å². The van der Waals surface area contributed by atoms with Crippen molar-refractivity contribution in [3.05, 3.63) is 64.5 Å². The van der Waals surface area contributed by atoms with Gasteiger partial charge in [-0.1, -0.05) is 22.9 Å². The fourth-order valence-electron chi connectivity index (χ4n) is 3.17. The van der Waals surface area contributed by atoms with Gasteiger partial charge in [0.1, 0.15) is 0 Å². The SMILES string of the molecule is Cc1cc(C)c(S(=O)(=O)N(C)C(=O)c2ccc(-c3nc(C)no3)cc2)c(C)c1. The second-order valence-electron chi connectivity index (χ2n) is 6.73. The Kier molecular flexibility index (Phi) is 5.08. The van der Waals surface area contributed by atoms with Gasteiger partial charge >= 0.3 is 0 Å².